The van der Waals surface area contributed by atoms with E-state index >= 15 is 0 Å². The fraction of sp³-hybridized carbons (Fsp3) is 0.500. The van der Waals surface area contributed by atoms with Crippen molar-refractivity contribution in [3.63, 3.8) is 0 Å². The van der Waals surface area contributed by atoms with Gasteiger partial charge in [0.05, 0.1) is 18.2 Å². The maximum Gasteiger partial charge on any atom is 0.227 e. The highest BCUT2D eigenvalue weighted by atomic mass is 32.2. The van der Waals surface area contributed by atoms with Crippen molar-refractivity contribution < 1.29 is 4.79 Å². The van der Waals surface area contributed by atoms with Crippen LogP contribution in [0.5, 0.6) is 0 Å². The number of hydrogen-bond acceptors (Lipinski definition) is 5. The second kappa shape index (κ2) is 9.13. The van der Waals surface area contributed by atoms with E-state index in [0.29, 0.717) is 18.5 Å². The summed E-state index contributed by atoms with van der Waals surface area (Å²) >= 11 is 1.78. The maximum absolute atomic E-state index is 12.8. The molecule has 0 spiro atoms. The van der Waals surface area contributed by atoms with Crippen molar-refractivity contribution in [1.82, 2.24) is 24.8 Å². The largest absolute Gasteiger partial charge is 0.342 e. The van der Waals surface area contributed by atoms with Crippen LogP contribution in [0.25, 0.3) is 0 Å². The predicted octanol–water partition coefficient (Wildman–Crippen LogP) is 2.93. The molecule has 4 atom stereocenters. The van der Waals surface area contributed by atoms with Crippen LogP contribution < -0.4 is 0 Å². The molecule has 3 fully saturated rings. The van der Waals surface area contributed by atoms with Crippen LogP contribution in [0.2, 0.25) is 0 Å². The van der Waals surface area contributed by atoms with E-state index in [2.05, 4.69) is 52.3 Å². The third-order valence-corrected chi connectivity index (χ3v) is 7.13. The Morgan fingerprint density at radius 2 is 2.21 bits per heavy atom. The molecule has 0 N–H and O–H groups in total. The molecule has 0 aliphatic carbocycles. The molecule has 2 aromatic rings. The lowest BCUT2D eigenvalue weighted by Crippen LogP contribution is -2.58. The van der Waals surface area contributed by atoms with Gasteiger partial charge in [-0.2, -0.15) is 0 Å². The molecule has 1 amide bonds. The molecule has 154 valence electrons. The molecule has 5 rings (SSSR count). The number of amides is 1. The van der Waals surface area contributed by atoms with Gasteiger partial charge in [0.15, 0.2) is 0 Å². The minimum atomic E-state index is 0.124. The first-order valence-corrected chi connectivity index (χ1v) is 11.3. The Morgan fingerprint density at radius 1 is 1.38 bits per heavy atom. The van der Waals surface area contributed by atoms with Gasteiger partial charge in [-0.1, -0.05) is 29.5 Å². The Hall–Kier alpha value is -2.12. The molecule has 4 heterocycles. The van der Waals surface area contributed by atoms with Crippen LogP contribution in [0.4, 0.5) is 0 Å². The number of rotatable bonds is 8. The van der Waals surface area contributed by atoms with Gasteiger partial charge in [0.1, 0.15) is 0 Å². The zero-order chi connectivity index (χ0) is 20.2. The smallest absolute Gasteiger partial charge is 0.227 e. The van der Waals surface area contributed by atoms with Crippen molar-refractivity contribution in [2.45, 2.75) is 36.1 Å². The Balaban J connectivity index is 1.32. The molecular weight excluding hydrogens is 382 g/mol. The number of nitrogens with zero attached hydrogens (tertiary/aromatic N) is 5. The lowest BCUT2D eigenvalue weighted by atomic mass is 9.75. The van der Waals surface area contributed by atoms with Gasteiger partial charge in [-0.3, -0.25) is 14.4 Å². The summed E-state index contributed by atoms with van der Waals surface area (Å²) < 4.78 is 1.98. The Morgan fingerprint density at radius 3 is 2.93 bits per heavy atom. The van der Waals surface area contributed by atoms with Gasteiger partial charge in [-0.05, 0) is 37.4 Å². The van der Waals surface area contributed by atoms with Crippen molar-refractivity contribution in [3.8, 4) is 0 Å². The van der Waals surface area contributed by atoms with E-state index in [1.807, 2.05) is 22.7 Å². The number of likely N-dealkylation sites (N-methyl/N-ethyl adjacent to an activating group) is 1. The van der Waals surface area contributed by atoms with Gasteiger partial charge < -0.3 is 4.90 Å². The van der Waals surface area contributed by atoms with Crippen LogP contribution in [-0.4, -0.2) is 63.4 Å². The number of carbonyl (C=O) groups is 1. The summed E-state index contributed by atoms with van der Waals surface area (Å²) in [6.45, 7) is 7.16. The van der Waals surface area contributed by atoms with Crippen LogP contribution in [0.15, 0.2) is 54.1 Å². The highest BCUT2D eigenvalue weighted by molar-refractivity contribution is 7.98. The summed E-state index contributed by atoms with van der Waals surface area (Å²) in [5.41, 5.74) is 1.01. The summed E-state index contributed by atoms with van der Waals surface area (Å²) in [6, 6.07) is 10.8. The minimum Gasteiger partial charge on any atom is -0.342 e. The van der Waals surface area contributed by atoms with Crippen LogP contribution >= 0.6 is 11.8 Å². The zero-order valence-electron chi connectivity index (χ0n) is 17.0. The summed E-state index contributed by atoms with van der Waals surface area (Å²) in [6.07, 6.45) is 6.04. The number of benzene rings is 1. The molecule has 7 heteroatoms. The quantitative estimate of drug-likeness (QED) is 0.494. The maximum atomic E-state index is 12.8. The number of fused-ring (bicyclic) bond motifs is 3. The van der Waals surface area contributed by atoms with Crippen LogP contribution in [-0.2, 0) is 17.1 Å². The first-order valence-electron chi connectivity index (χ1n) is 10.3. The van der Waals surface area contributed by atoms with Gasteiger partial charge in [0.2, 0.25) is 5.91 Å². The van der Waals surface area contributed by atoms with Gasteiger partial charge in [-0.15, -0.1) is 23.4 Å². The fourth-order valence-corrected chi connectivity index (χ4v) is 5.35. The van der Waals surface area contributed by atoms with Crippen LogP contribution in [0.3, 0.4) is 0 Å². The number of piperidine rings is 3. The summed E-state index contributed by atoms with van der Waals surface area (Å²) in [7, 11) is 1.88. The van der Waals surface area contributed by atoms with Crippen LogP contribution in [0.1, 0.15) is 18.5 Å². The summed E-state index contributed by atoms with van der Waals surface area (Å²) in [5, 5.41) is 8.70. The van der Waals surface area contributed by atoms with Crippen molar-refractivity contribution in [1.29, 1.82) is 0 Å². The first-order chi connectivity index (χ1) is 14.1. The molecule has 3 saturated heterocycles. The number of hydrogen-bond donors (Lipinski definition) is 0. The number of aromatic nitrogens is 3. The Kier molecular flexibility index (Phi) is 6.35. The summed E-state index contributed by atoms with van der Waals surface area (Å²) in [4.78, 5) is 18.3. The van der Waals surface area contributed by atoms with E-state index in [1.54, 1.807) is 17.8 Å². The predicted molar refractivity (Wildman–Crippen MR) is 115 cm³/mol. The highest BCUT2D eigenvalue weighted by Crippen LogP contribution is 2.37. The second-order valence-electron chi connectivity index (χ2n) is 8.08. The molecule has 2 bridgehead atoms. The lowest BCUT2D eigenvalue weighted by Gasteiger charge is -2.49. The third kappa shape index (κ3) is 4.73. The molecular formula is C22H29N5OS. The Labute approximate surface area is 176 Å². The van der Waals surface area contributed by atoms with E-state index in [0.717, 1.165) is 43.9 Å². The SMILES string of the molecule is C=CCN(C)C(=O)[C@H]1CN2CC[C@H]1C[C@@H]2Cn1cc(CSc2ccccc2)nn1. The topological polar surface area (TPSA) is 54.3 Å². The van der Waals surface area contributed by atoms with E-state index < -0.39 is 0 Å². The minimum absolute atomic E-state index is 0.124. The van der Waals surface area contributed by atoms with Crippen LogP contribution in [0, 0.1) is 11.8 Å². The summed E-state index contributed by atoms with van der Waals surface area (Å²) in [5.74, 6) is 1.69. The normalized spacial score (nSPS) is 25.7. The van der Waals surface area contributed by atoms with Crippen molar-refractivity contribution in [2.75, 3.05) is 26.7 Å². The van der Waals surface area contributed by atoms with Gasteiger partial charge in [0.25, 0.3) is 0 Å². The van der Waals surface area contributed by atoms with E-state index in [1.165, 1.54) is 4.90 Å². The fourth-order valence-electron chi connectivity index (χ4n) is 4.56. The molecule has 29 heavy (non-hydrogen) atoms. The second-order valence-corrected chi connectivity index (χ2v) is 9.13. The van der Waals surface area contributed by atoms with Gasteiger partial charge in [-0.25, -0.2) is 0 Å². The number of thioether (sulfide) groups is 1. The van der Waals surface area contributed by atoms with E-state index in [-0.39, 0.29) is 11.8 Å². The standard InChI is InChI=1S/C22H29N5OS/c1-3-10-25(2)22(28)21-15-26-11-9-17(21)12-19(26)14-27-13-18(23-24-27)16-29-20-7-5-4-6-8-20/h3-8,13,17,19,21H,1,9-12,14-16H2,2H3/t17-,19+,21-/m0/s1. The average molecular weight is 412 g/mol. The van der Waals surface area contributed by atoms with E-state index in [9.17, 15) is 4.79 Å². The van der Waals surface area contributed by atoms with Gasteiger partial charge >= 0.3 is 0 Å². The van der Waals surface area contributed by atoms with Crippen molar-refractivity contribution in [3.05, 3.63) is 54.9 Å². The molecule has 1 aromatic carbocycles. The molecule has 3 aliphatic rings. The highest BCUT2D eigenvalue weighted by Gasteiger charge is 2.43. The number of carbonyl (C=O) groups excluding carboxylic acids is 1. The van der Waals surface area contributed by atoms with Crippen molar-refractivity contribution >= 4 is 17.7 Å². The molecule has 1 unspecified atom stereocenters. The van der Waals surface area contributed by atoms with Crippen molar-refractivity contribution in [2.24, 2.45) is 11.8 Å². The monoisotopic (exact) mass is 411 g/mol. The average Bonchev–Trinajstić information content (AvgIpc) is 3.20. The molecule has 0 saturated carbocycles. The molecule has 1 aromatic heterocycles. The zero-order valence-corrected chi connectivity index (χ0v) is 17.8. The third-order valence-electron chi connectivity index (χ3n) is 6.09. The van der Waals surface area contributed by atoms with E-state index in [4.69, 9.17) is 0 Å². The van der Waals surface area contributed by atoms with Gasteiger partial charge in [0, 0.05) is 43.0 Å². The first kappa shape index (κ1) is 20.2. The molecule has 3 aliphatic heterocycles. The Bertz CT molecular complexity index is 839. The lowest BCUT2D eigenvalue weighted by molar-refractivity contribution is -0.142. The molecule has 0 radical (unpaired) electrons. The molecule has 6 nitrogen and oxygen atoms in total.